The fraction of sp³-hybridized carbons (Fsp3) is 0.565. The number of methoxy groups -OCH3 is 1. The van der Waals surface area contributed by atoms with E-state index in [1.807, 2.05) is 37.3 Å². The molecule has 2 aromatic rings. The maximum atomic E-state index is 13.3. The molecule has 1 aromatic carbocycles. The second-order valence-corrected chi connectivity index (χ2v) is 8.12. The summed E-state index contributed by atoms with van der Waals surface area (Å²) in [5, 5.41) is 10.2. The smallest absolute Gasteiger partial charge is 0.335 e. The van der Waals surface area contributed by atoms with Crippen LogP contribution in [0.3, 0.4) is 0 Å². The highest BCUT2D eigenvalue weighted by molar-refractivity contribution is 5.13. The minimum absolute atomic E-state index is 0.182. The second kappa shape index (κ2) is 11.0. The highest BCUT2D eigenvalue weighted by Crippen LogP contribution is 2.36. The van der Waals surface area contributed by atoms with Gasteiger partial charge >= 0.3 is 5.69 Å². The van der Waals surface area contributed by atoms with Gasteiger partial charge in [-0.25, -0.2) is 9.36 Å². The number of ether oxygens (including phenoxy) is 4. The van der Waals surface area contributed by atoms with E-state index in [0.29, 0.717) is 18.8 Å². The standard InChI is InChI=1S/C23H32N2O7/c1-15-12-24(22-20(31-11-10-29-4)16(2)19(32-22)17(3)26)23(28)25(21(15)27)14-30-13-18-8-6-5-7-9-18/h5-9,12,16-17,19-20,22,26H,10-11,13-14H2,1-4H3/t16-,17-,19+,20-,22-/m1/s1. The highest BCUT2D eigenvalue weighted by atomic mass is 16.6. The fourth-order valence-electron chi connectivity index (χ4n) is 3.97. The first-order valence-corrected chi connectivity index (χ1v) is 10.7. The molecule has 176 valence electrons. The summed E-state index contributed by atoms with van der Waals surface area (Å²) in [5.74, 6) is -0.182. The molecule has 9 heteroatoms. The molecule has 9 nitrogen and oxygen atoms in total. The van der Waals surface area contributed by atoms with Gasteiger partial charge in [-0.05, 0) is 19.4 Å². The normalized spacial score (nSPS) is 24.0. The van der Waals surface area contributed by atoms with Crippen molar-refractivity contribution in [1.82, 2.24) is 9.13 Å². The Kier molecular flexibility index (Phi) is 8.38. The van der Waals surface area contributed by atoms with Crippen LogP contribution in [0.5, 0.6) is 0 Å². The summed E-state index contributed by atoms with van der Waals surface area (Å²) in [6.07, 6.45) is -1.09. The molecule has 1 saturated heterocycles. The molecule has 3 rings (SSSR count). The SMILES string of the molecule is COCCO[C@@H]1[C@H](C)[C@@H]([C@@H](C)O)O[C@H]1n1cc(C)c(=O)n(COCc2ccccc2)c1=O. The Hall–Kier alpha value is -2.30. The van der Waals surface area contributed by atoms with Crippen LogP contribution in [-0.2, 0) is 32.3 Å². The summed E-state index contributed by atoms with van der Waals surface area (Å²) >= 11 is 0. The largest absolute Gasteiger partial charge is 0.391 e. The molecular weight excluding hydrogens is 416 g/mol. The molecule has 5 atom stereocenters. The van der Waals surface area contributed by atoms with E-state index in [9.17, 15) is 14.7 Å². The van der Waals surface area contributed by atoms with Gasteiger partial charge in [-0.15, -0.1) is 0 Å². The van der Waals surface area contributed by atoms with Crippen molar-refractivity contribution in [3.05, 3.63) is 68.5 Å². The Morgan fingerprint density at radius 1 is 1.19 bits per heavy atom. The highest BCUT2D eigenvalue weighted by Gasteiger charge is 2.46. The van der Waals surface area contributed by atoms with Gasteiger partial charge in [0.15, 0.2) is 6.23 Å². The van der Waals surface area contributed by atoms with Gasteiger partial charge in [-0.2, -0.15) is 0 Å². The average molecular weight is 449 g/mol. The summed E-state index contributed by atoms with van der Waals surface area (Å²) < 4.78 is 25.2. The van der Waals surface area contributed by atoms with Gasteiger partial charge in [0.05, 0.1) is 32.0 Å². The van der Waals surface area contributed by atoms with Crippen LogP contribution in [-0.4, -0.2) is 52.9 Å². The molecule has 1 aromatic heterocycles. The fourth-order valence-corrected chi connectivity index (χ4v) is 3.97. The lowest BCUT2D eigenvalue weighted by molar-refractivity contribution is -0.0914. The first kappa shape index (κ1) is 24.3. The molecule has 0 amide bonds. The summed E-state index contributed by atoms with van der Waals surface area (Å²) in [6, 6.07) is 9.50. The third kappa shape index (κ3) is 5.36. The number of aryl methyl sites for hydroxylation is 1. The van der Waals surface area contributed by atoms with E-state index in [1.54, 1.807) is 21.0 Å². The van der Waals surface area contributed by atoms with Crippen molar-refractivity contribution in [3.8, 4) is 0 Å². The zero-order valence-electron chi connectivity index (χ0n) is 19.0. The minimum atomic E-state index is -0.798. The van der Waals surface area contributed by atoms with E-state index in [1.165, 1.54) is 10.8 Å². The first-order chi connectivity index (χ1) is 15.3. The molecular formula is C23H32N2O7. The van der Waals surface area contributed by atoms with Gasteiger partial charge < -0.3 is 24.1 Å². The van der Waals surface area contributed by atoms with Crippen LogP contribution in [0.15, 0.2) is 46.1 Å². The van der Waals surface area contributed by atoms with Gasteiger partial charge in [0.2, 0.25) is 0 Å². The zero-order valence-corrected chi connectivity index (χ0v) is 19.0. The van der Waals surface area contributed by atoms with Gasteiger partial charge in [-0.3, -0.25) is 9.36 Å². The Bertz CT molecular complexity index is 986. The van der Waals surface area contributed by atoms with E-state index in [-0.39, 0.29) is 19.3 Å². The molecule has 0 aliphatic carbocycles. The zero-order chi connectivity index (χ0) is 23.3. The Morgan fingerprint density at radius 2 is 1.91 bits per heavy atom. The van der Waals surface area contributed by atoms with E-state index < -0.39 is 35.8 Å². The van der Waals surface area contributed by atoms with Gasteiger partial charge in [0.1, 0.15) is 12.8 Å². The topological polar surface area (TPSA) is 101 Å². The molecule has 0 radical (unpaired) electrons. The third-order valence-corrected chi connectivity index (χ3v) is 5.66. The Balaban J connectivity index is 1.88. The average Bonchev–Trinajstić information content (AvgIpc) is 3.10. The number of aromatic nitrogens is 2. The van der Waals surface area contributed by atoms with Crippen LogP contribution < -0.4 is 11.2 Å². The Morgan fingerprint density at radius 3 is 2.56 bits per heavy atom. The maximum absolute atomic E-state index is 13.3. The molecule has 1 fully saturated rings. The van der Waals surface area contributed by atoms with E-state index >= 15 is 0 Å². The van der Waals surface area contributed by atoms with Crippen molar-refractivity contribution in [2.45, 2.75) is 58.6 Å². The predicted molar refractivity (Wildman–Crippen MR) is 117 cm³/mol. The van der Waals surface area contributed by atoms with Crippen molar-refractivity contribution in [1.29, 1.82) is 0 Å². The Labute approximate surface area is 187 Å². The van der Waals surface area contributed by atoms with E-state index in [2.05, 4.69) is 0 Å². The number of aliphatic hydroxyl groups excluding tert-OH is 1. The molecule has 0 saturated carbocycles. The number of benzene rings is 1. The van der Waals surface area contributed by atoms with Crippen LogP contribution in [0, 0.1) is 12.8 Å². The summed E-state index contributed by atoms with van der Waals surface area (Å²) in [5.41, 5.74) is 0.333. The molecule has 32 heavy (non-hydrogen) atoms. The lowest BCUT2D eigenvalue weighted by atomic mass is 9.97. The van der Waals surface area contributed by atoms with Crippen molar-refractivity contribution in [2.24, 2.45) is 5.92 Å². The van der Waals surface area contributed by atoms with Gasteiger partial charge in [0, 0.05) is 24.8 Å². The molecule has 0 bridgehead atoms. The number of nitrogens with zero attached hydrogens (tertiary/aromatic N) is 2. The van der Waals surface area contributed by atoms with Crippen molar-refractivity contribution >= 4 is 0 Å². The molecule has 0 unspecified atom stereocenters. The summed E-state index contributed by atoms with van der Waals surface area (Å²) in [4.78, 5) is 25.9. The van der Waals surface area contributed by atoms with Crippen molar-refractivity contribution in [3.63, 3.8) is 0 Å². The molecule has 0 spiro atoms. The minimum Gasteiger partial charge on any atom is -0.391 e. The first-order valence-electron chi connectivity index (χ1n) is 10.7. The molecule has 1 aliphatic rings. The molecule has 1 aliphatic heterocycles. The number of aliphatic hydroxyl groups is 1. The lowest BCUT2D eigenvalue weighted by Gasteiger charge is -2.24. The van der Waals surface area contributed by atoms with Crippen molar-refractivity contribution < 1.29 is 24.1 Å². The van der Waals surface area contributed by atoms with Crippen LogP contribution in [0.2, 0.25) is 0 Å². The molecule has 1 N–H and O–H groups in total. The van der Waals surface area contributed by atoms with Crippen LogP contribution in [0.1, 0.15) is 31.2 Å². The maximum Gasteiger partial charge on any atom is 0.335 e. The summed E-state index contributed by atoms with van der Waals surface area (Å²) in [7, 11) is 1.58. The number of hydrogen-bond acceptors (Lipinski definition) is 7. The molecule has 2 heterocycles. The number of rotatable bonds is 10. The quantitative estimate of drug-likeness (QED) is 0.549. The lowest BCUT2D eigenvalue weighted by Crippen LogP contribution is -2.44. The van der Waals surface area contributed by atoms with Crippen molar-refractivity contribution in [2.75, 3.05) is 20.3 Å². The second-order valence-electron chi connectivity index (χ2n) is 8.12. The monoisotopic (exact) mass is 448 g/mol. The number of hydrogen-bond donors (Lipinski definition) is 1. The predicted octanol–water partition coefficient (Wildman–Crippen LogP) is 1.44. The van der Waals surface area contributed by atoms with Gasteiger partial charge in [0.25, 0.3) is 5.56 Å². The van der Waals surface area contributed by atoms with Crippen LogP contribution >= 0.6 is 0 Å². The van der Waals surface area contributed by atoms with Gasteiger partial charge in [-0.1, -0.05) is 37.3 Å². The third-order valence-electron chi connectivity index (χ3n) is 5.66. The van der Waals surface area contributed by atoms with Crippen LogP contribution in [0.25, 0.3) is 0 Å². The summed E-state index contributed by atoms with van der Waals surface area (Å²) in [6.45, 7) is 5.96. The van der Waals surface area contributed by atoms with E-state index in [0.717, 1.165) is 10.1 Å². The van der Waals surface area contributed by atoms with E-state index in [4.69, 9.17) is 18.9 Å². The van der Waals surface area contributed by atoms with Crippen LogP contribution in [0.4, 0.5) is 0 Å².